The predicted octanol–water partition coefficient (Wildman–Crippen LogP) is -1.37. The number of aromatic nitrogens is 2. The average molecular weight is 454 g/mol. The molecule has 0 saturated carbocycles. The Balaban J connectivity index is 2.90. The van der Waals surface area contributed by atoms with Gasteiger partial charge in [-0.25, -0.2) is 4.98 Å². The van der Waals surface area contributed by atoms with Gasteiger partial charge in [0.05, 0.1) is 12.4 Å². The van der Waals surface area contributed by atoms with Crippen LogP contribution in [0.1, 0.15) is 45.2 Å². The van der Waals surface area contributed by atoms with E-state index in [2.05, 4.69) is 25.9 Å². The van der Waals surface area contributed by atoms with E-state index >= 15 is 0 Å². The van der Waals surface area contributed by atoms with E-state index in [1.807, 2.05) is 6.92 Å². The first-order valence-corrected chi connectivity index (χ1v) is 10.7. The third kappa shape index (κ3) is 9.43. The lowest BCUT2D eigenvalue weighted by Gasteiger charge is -2.27. The van der Waals surface area contributed by atoms with Gasteiger partial charge in [-0.1, -0.05) is 26.7 Å². The van der Waals surface area contributed by atoms with Crippen LogP contribution in [0.5, 0.6) is 0 Å². The fourth-order valence-corrected chi connectivity index (χ4v) is 2.97. The van der Waals surface area contributed by atoms with Gasteiger partial charge in [-0.2, -0.15) is 0 Å². The molecule has 0 bridgehead atoms. The number of aromatic amines is 1. The van der Waals surface area contributed by atoms with E-state index in [1.54, 1.807) is 6.92 Å². The number of carboxylic acids is 1. The normalized spacial score (nSPS) is 14.6. The topological polar surface area (TPSA) is 205 Å². The van der Waals surface area contributed by atoms with E-state index in [9.17, 15) is 19.2 Å². The smallest absolute Gasteiger partial charge is 0.322 e. The van der Waals surface area contributed by atoms with Crippen molar-refractivity contribution < 1.29 is 24.3 Å². The molecular formula is C20H35N7O5. The summed E-state index contributed by atoms with van der Waals surface area (Å²) in [5.41, 5.74) is 12.0. The van der Waals surface area contributed by atoms with Gasteiger partial charge in [0.15, 0.2) is 0 Å². The Morgan fingerprint density at radius 3 is 2.44 bits per heavy atom. The lowest BCUT2D eigenvalue weighted by molar-refractivity contribution is -0.138. The van der Waals surface area contributed by atoms with E-state index in [0.717, 1.165) is 6.42 Å². The molecule has 4 unspecified atom stereocenters. The third-order valence-electron chi connectivity index (χ3n) is 5.12. The number of nitrogens with two attached hydrogens (primary N) is 2. The first-order chi connectivity index (χ1) is 15.2. The summed E-state index contributed by atoms with van der Waals surface area (Å²) in [6, 6.07) is -2.76. The van der Waals surface area contributed by atoms with Crippen molar-refractivity contribution in [3.8, 4) is 0 Å². The van der Waals surface area contributed by atoms with Crippen LogP contribution in [-0.2, 0) is 25.6 Å². The number of imidazole rings is 1. The van der Waals surface area contributed by atoms with Crippen LogP contribution in [0.3, 0.4) is 0 Å². The molecule has 180 valence electrons. The Labute approximate surface area is 187 Å². The number of nitrogens with one attached hydrogen (secondary N) is 4. The summed E-state index contributed by atoms with van der Waals surface area (Å²) in [7, 11) is 0. The van der Waals surface area contributed by atoms with Crippen molar-refractivity contribution in [2.45, 2.75) is 64.1 Å². The highest BCUT2D eigenvalue weighted by Crippen LogP contribution is 2.10. The zero-order valence-electron chi connectivity index (χ0n) is 18.6. The van der Waals surface area contributed by atoms with E-state index in [1.165, 1.54) is 12.5 Å². The van der Waals surface area contributed by atoms with Crippen molar-refractivity contribution in [3.63, 3.8) is 0 Å². The number of nitrogens with zero attached hydrogens (tertiary/aromatic N) is 1. The summed E-state index contributed by atoms with van der Waals surface area (Å²) < 4.78 is 0. The van der Waals surface area contributed by atoms with Crippen molar-refractivity contribution in [1.29, 1.82) is 0 Å². The molecule has 9 N–H and O–H groups in total. The van der Waals surface area contributed by atoms with Crippen LogP contribution in [0.2, 0.25) is 0 Å². The second-order valence-corrected chi connectivity index (χ2v) is 7.72. The van der Waals surface area contributed by atoms with Gasteiger partial charge in [-0.3, -0.25) is 19.2 Å². The highest BCUT2D eigenvalue weighted by atomic mass is 16.4. The van der Waals surface area contributed by atoms with E-state index < -0.39 is 48.4 Å². The van der Waals surface area contributed by atoms with Gasteiger partial charge in [0.25, 0.3) is 0 Å². The molecule has 0 aliphatic carbocycles. The van der Waals surface area contributed by atoms with Gasteiger partial charge in [-0.15, -0.1) is 0 Å². The molecule has 3 amide bonds. The summed E-state index contributed by atoms with van der Waals surface area (Å²) in [4.78, 5) is 55.6. The molecule has 0 aliphatic rings. The molecule has 0 saturated heterocycles. The van der Waals surface area contributed by atoms with Gasteiger partial charge >= 0.3 is 5.97 Å². The van der Waals surface area contributed by atoms with Crippen LogP contribution in [0.25, 0.3) is 0 Å². The zero-order valence-corrected chi connectivity index (χ0v) is 18.6. The molecule has 12 heteroatoms. The van der Waals surface area contributed by atoms with Crippen LogP contribution in [0.4, 0.5) is 0 Å². The molecule has 0 aliphatic heterocycles. The lowest BCUT2D eigenvalue weighted by atomic mass is 9.96. The van der Waals surface area contributed by atoms with Crippen LogP contribution >= 0.6 is 0 Å². The minimum absolute atomic E-state index is 0.0664. The molecule has 0 aromatic carbocycles. The average Bonchev–Trinajstić information content (AvgIpc) is 3.27. The van der Waals surface area contributed by atoms with Gasteiger partial charge in [0.2, 0.25) is 17.7 Å². The maximum absolute atomic E-state index is 13.0. The molecule has 1 heterocycles. The minimum atomic E-state index is -1.21. The number of hydrogen-bond acceptors (Lipinski definition) is 7. The van der Waals surface area contributed by atoms with Gasteiger partial charge in [-0.05, 0) is 25.3 Å². The maximum Gasteiger partial charge on any atom is 0.322 e. The van der Waals surface area contributed by atoms with Crippen LogP contribution in [0, 0.1) is 5.92 Å². The fourth-order valence-electron chi connectivity index (χ4n) is 2.97. The second-order valence-electron chi connectivity index (χ2n) is 7.72. The summed E-state index contributed by atoms with van der Waals surface area (Å²) in [6.07, 6.45) is 5.47. The standard InChI is InChI=1S/C20H35N7O5/c1-3-12(2)17(27-18(30)14(22)6-4-5-7-21)20(32)26-15(8-13-9-23-11-25-13)19(31)24-10-16(28)29/h9,11-12,14-15,17H,3-8,10,21-22H2,1-2H3,(H,23,25)(H,24,31)(H,26,32)(H,27,30)(H,28,29). The summed E-state index contributed by atoms with van der Waals surface area (Å²) >= 11 is 0. The first-order valence-electron chi connectivity index (χ1n) is 10.7. The maximum atomic E-state index is 13.0. The monoisotopic (exact) mass is 453 g/mol. The van der Waals surface area contributed by atoms with Crippen molar-refractivity contribution in [3.05, 3.63) is 18.2 Å². The molecular weight excluding hydrogens is 418 g/mol. The predicted molar refractivity (Wildman–Crippen MR) is 117 cm³/mol. The molecule has 0 fully saturated rings. The molecule has 0 radical (unpaired) electrons. The molecule has 0 spiro atoms. The molecule has 4 atom stereocenters. The Kier molecular flexibility index (Phi) is 12.0. The summed E-state index contributed by atoms with van der Waals surface area (Å²) in [6.45, 7) is 3.60. The number of H-pyrrole nitrogens is 1. The van der Waals surface area contributed by atoms with Crippen molar-refractivity contribution in [2.24, 2.45) is 17.4 Å². The Morgan fingerprint density at radius 1 is 1.16 bits per heavy atom. The van der Waals surface area contributed by atoms with Crippen molar-refractivity contribution in [1.82, 2.24) is 25.9 Å². The highest BCUT2D eigenvalue weighted by Gasteiger charge is 2.31. The molecule has 12 nitrogen and oxygen atoms in total. The molecule has 1 aromatic rings. The number of unbranched alkanes of at least 4 members (excludes halogenated alkanes) is 1. The summed E-state index contributed by atoms with van der Waals surface area (Å²) in [5.74, 6) is -3.12. The first kappa shape index (κ1) is 27.0. The largest absolute Gasteiger partial charge is 0.480 e. The Hall–Kier alpha value is -2.99. The number of hydrogen-bond donors (Lipinski definition) is 7. The number of carbonyl (C=O) groups excluding carboxylic acids is 3. The number of amides is 3. The third-order valence-corrected chi connectivity index (χ3v) is 5.12. The fraction of sp³-hybridized carbons (Fsp3) is 0.650. The van der Waals surface area contributed by atoms with Crippen LogP contribution in [-0.4, -0.2) is 70.0 Å². The van der Waals surface area contributed by atoms with Crippen molar-refractivity contribution >= 4 is 23.7 Å². The summed E-state index contributed by atoms with van der Waals surface area (Å²) in [5, 5.41) is 16.4. The van der Waals surface area contributed by atoms with E-state index in [0.29, 0.717) is 31.5 Å². The number of carbonyl (C=O) groups is 4. The minimum Gasteiger partial charge on any atom is -0.480 e. The second kappa shape index (κ2) is 14.1. The van der Waals surface area contributed by atoms with Crippen molar-refractivity contribution in [2.75, 3.05) is 13.1 Å². The number of aliphatic carboxylic acids is 1. The van der Waals surface area contributed by atoms with Crippen LogP contribution < -0.4 is 27.4 Å². The molecule has 1 aromatic heterocycles. The van der Waals surface area contributed by atoms with Gasteiger partial charge in [0.1, 0.15) is 18.6 Å². The molecule has 32 heavy (non-hydrogen) atoms. The Bertz CT molecular complexity index is 741. The SMILES string of the molecule is CCC(C)C(NC(=O)C(N)CCCCN)C(=O)NC(Cc1cnc[nH]1)C(=O)NCC(=O)O. The highest BCUT2D eigenvalue weighted by molar-refractivity contribution is 5.93. The molecule has 1 rings (SSSR count). The Morgan fingerprint density at radius 2 is 1.88 bits per heavy atom. The van der Waals surface area contributed by atoms with E-state index in [4.69, 9.17) is 16.6 Å². The van der Waals surface area contributed by atoms with Crippen LogP contribution in [0.15, 0.2) is 12.5 Å². The zero-order chi connectivity index (χ0) is 24.1. The number of rotatable bonds is 15. The van der Waals surface area contributed by atoms with E-state index in [-0.39, 0.29) is 12.3 Å². The lowest BCUT2D eigenvalue weighted by Crippen LogP contribution is -2.58. The van der Waals surface area contributed by atoms with Gasteiger partial charge in [0, 0.05) is 18.3 Å². The number of carboxylic acid groups (broad SMARTS) is 1. The van der Waals surface area contributed by atoms with Gasteiger partial charge < -0.3 is 37.5 Å². The quantitative estimate of drug-likeness (QED) is 0.157.